The van der Waals surface area contributed by atoms with E-state index in [1.54, 1.807) is 11.0 Å². The smallest absolute Gasteiger partial charge is 0.433 e. The lowest BCUT2D eigenvalue weighted by Crippen LogP contribution is -2.31. The molecule has 1 fully saturated rings. The van der Waals surface area contributed by atoms with Crippen LogP contribution in [0.25, 0.3) is 17.1 Å². The van der Waals surface area contributed by atoms with Gasteiger partial charge in [0.1, 0.15) is 17.0 Å². The molecule has 1 amide bonds. The Labute approximate surface area is 186 Å². The van der Waals surface area contributed by atoms with E-state index in [2.05, 4.69) is 15.2 Å². The summed E-state index contributed by atoms with van der Waals surface area (Å²) in [5, 5.41) is 7.90. The Hall–Kier alpha value is -3.63. The molecule has 1 aliphatic rings. The third kappa shape index (κ3) is 3.47. The van der Waals surface area contributed by atoms with Crippen molar-refractivity contribution < 1.29 is 26.9 Å². The largest absolute Gasteiger partial charge is 0.463 e. The molecule has 1 saturated heterocycles. The summed E-state index contributed by atoms with van der Waals surface area (Å²) in [4.78, 5) is 19.5. The van der Waals surface area contributed by atoms with E-state index in [1.165, 1.54) is 12.3 Å². The van der Waals surface area contributed by atoms with E-state index < -0.39 is 17.8 Å². The molecule has 5 heterocycles. The number of aromatic nitrogens is 4. The van der Waals surface area contributed by atoms with Crippen LogP contribution >= 0.6 is 0 Å². The van der Waals surface area contributed by atoms with Crippen molar-refractivity contribution in [3.8, 4) is 11.5 Å². The van der Waals surface area contributed by atoms with Gasteiger partial charge in [0.25, 0.3) is 5.91 Å². The van der Waals surface area contributed by atoms with Crippen molar-refractivity contribution in [1.82, 2.24) is 24.7 Å². The first-order valence-corrected chi connectivity index (χ1v) is 10.6. The van der Waals surface area contributed by atoms with Gasteiger partial charge in [-0.05, 0) is 38.0 Å². The van der Waals surface area contributed by atoms with E-state index in [4.69, 9.17) is 8.94 Å². The molecule has 1 aliphatic heterocycles. The first-order valence-electron chi connectivity index (χ1n) is 10.6. The summed E-state index contributed by atoms with van der Waals surface area (Å²) in [6.45, 7) is 4.22. The lowest BCUT2D eigenvalue weighted by Gasteiger charge is -2.24. The summed E-state index contributed by atoms with van der Waals surface area (Å²) >= 11 is 0. The fourth-order valence-electron chi connectivity index (χ4n) is 4.44. The average molecular weight is 459 g/mol. The lowest BCUT2D eigenvalue weighted by molar-refractivity contribution is -0.142. The summed E-state index contributed by atoms with van der Waals surface area (Å²) in [6.07, 6.45) is -0.142. The Morgan fingerprint density at radius 2 is 2.15 bits per heavy atom. The fourth-order valence-corrected chi connectivity index (χ4v) is 4.44. The van der Waals surface area contributed by atoms with Crippen LogP contribution in [0.4, 0.5) is 13.2 Å². The molecule has 4 aromatic heterocycles. The topological polar surface area (TPSA) is 89.7 Å². The predicted octanol–water partition coefficient (Wildman–Crippen LogP) is 4.84. The Bertz CT molecular complexity index is 1320. The molecule has 0 radical (unpaired) electrons. The standard InChI is InChI=1S/C22H20F3N5O3/c1-3-16-19(12(2)28-33-16)15-6-4-8-29(15)21(31)13-11-26-30-18(22(23,24)25)10-14(27-20(13)30)17-7-5-9-32-17/h5,7,9-11,15H,3-4,6,8H2,1-2H3/t15-/m0/s1. The van der Waals surface area contributed by atoms with Crippen LogP contribution in [0.1, 0.15) is 58.9 Å². The Kier molecular flexibility index (Phi) is 4.98. The number of amides is 1. The van der Waals surface area contributed by atoms with Crippen LogP contribution in [0.5, 0.6) is 0 Å². The second-order valence-corrected chi connectivity index (χ2v) is 7.91. The third-order valence-electron chi connectivity index (χ3n) is 5.92. The zero-order chi connectivity index (χ0) is 23.3. The highest BCUT2D eigenvalue weighted by molar-refractivity contribution is 6.00. The van der Waals surface area contributed by atoms with Gasteiger partial charge in [0, 0.05) is 18.5 Å². The van der Waals surface area contributed by atoms with E-state index in [1.807, 2.05) is 13.8 Å². The highest BCUT2D eigenvalue weighted by Gasteiger charge is 2.39. The Morgan fingerprint density at radius 3 is 2.85 bits per heavy atom. The molecule has 11 heteroatoms. The monoisotopic (exact) mass is 459 g/mol. The van der Waals surface area contributed by atoms with Crippen molar-refractivity contribution in [2.45, 2.75) is 45.3 Å². The van der Waals surface area contributed by atoms with E-state index in [0.717, 1.165) is 24.2 Å². The van der Waals surface area contributed by atoms with Gasteiger partial charge in [0.15, 0.2) is 17.1 Å². The molecule has 0 bridgehead atoms. The first-order chi connectivity index (χ1) is 15.8. The second kappa shape index (κ2) is 7.75. The molecule has 1 atom stereocenters. The number of hydrogen-bond donors (Lipinski definition) is 0. The van der Waals surface area contributed by atoms with Gasteiger partial charge in [-0.3, -0.25) is 4.79 Å². The maximum Gasteiger partial charge on any atom is 0.433 e. The Balaban J connectivity index is 1.62. The Morgan fingerprint density at radius 1 is 1.33 bits per heavy atom. The molecule has 8 nitrogen and oxygen atoms in total. The van der Waals surface area contributed by atoms with Crippen LogP contribution in [0.3, 0.4) is 0 Å². The van der Waals surface area contributed by atoms with Gasteiger partial charge in [-0.25, -0.2) is 9.50 Å². The fraction of sp³-hybridized carbons (Fsp3) is 0.364. The second-order valence-electron chi connectivity index (χ2n) is 7.91. The molecule has 0 spiro atoms. The van der Waals surface area contributed by atoms with Gasteiger partial charge >= 0.3 is 6.18 Å². The van der Waals surface area contributed by atoms with Crippen LogP contribution in [-0.4, -0.2) is 37.1 Å². The van der Waals surface area contributed by atoms with Crippen LogP contribution in [-0.2, 0) is 12.6 Å². The SMILES string of the molecule is CCc1onc(C)c1[C@@H]1CCCN1C(=O)c1cnn2c(C(F)(F)F)cc(-c3ccco3)nc12. The minimum absolute atomic E-state index is 0.00652. The third-order valence-corrected chi connectivity index (χ3v) is 5.92. The van der Waals surface area contributed by atoms with Crippen molar-refractivity contribution in [3.05, 3.63) is 58.9 Å². The number of rotatable bonds is 4. The number of halogens is 3. The zero-order valence-corrected chi connectivity index (χ0v) is 17.9. The maximum absolute atomic E-state index is 13.8. The van der Waals surface area contributed by atoms with Gasteiger partial charge in [-0.15, -0.1) is 0 Å². The number of alkyl halides is 3. The molecule has 0 N–H and O–H groups in total. The van der Waals surface area contributed by atoms with Gasteiger partial charge in [0.2, 0.25) is 0 Å². The summed E-state index contributed by atoms with van der Waals surface area (Å²) in [6, 6.07) is 3.65. The molecule has 5 rings (SSSR count). The van der Waals surface area contributed by atoms with Gasteiger partial charge in [-0.1, -0.05) is 12.1 Å². The van der Waals surface area contributed by atoms with Crippen LogP contribution in [0.2, 0.25) is 0 Å². The molecule has 0 saturated carbocycles. The highest BCUT2D eigenvalue weighted by Crippen LogP contribution is 2.38. The number of carbonyl (C=O) groups is 1. The van der Waals surface area contributed by atoms with Crippen LogP contribution in [0, 0.1) is 6.92 Å². The molecule has 4 aromatic rings. The van der Waals surface area contributed by atoms with Crippen molar-refractivity contribution in [2.75, 3.05) is 6.54 Å². The minimum atomic E-state index is -4.71. The molecule has 0 aromatic carbocycles. The van der Waals surface area contributed by atoms with Crippen molar-refractivity contribution >= 4 is 11.6 Å². The molecule has 0 unspecified atom stereocenters. The normalized spacial score (nSPS) is 16.8. The zero-order valence-electron chi connectivity index (χ0n) is 17.9. The number of carbonyl (C=O) groups excluding carboxylic acids is 1. The van der Waals surface area contributed by atoms with Gasteiger partial charge in [-0.2, -0.15) is 18.3 Å². The predicted molar refractivity (Wildman–Crippen MR) is 109 cm³/mol. The van der Waals surface area contributed by atoms with E-state index in [0.29, 0.717) is 35.4 Å². The van der Waals surface area contributed by atoms with E-state index >= 15 is 0 Å². The summed E-state index contributed by atoms with van der Waals surface area (Å²) in [7, 11) is 0. The summed E-state index contributed by atoms with van der Waals surface area (Å²) < 4.78 is 52.7. The lowest BCUT2D eigenvalue weighted by atomic mass is 10.0. The molecule has 0 aliphatic carbocycles. The van der Waals surface area contributed by atoms with E-state index in [9.17, 15) is 18.0 Å². The minimum Gasteiger partial charge on any atom is -0.463 e. The number of hydrogen-bond acceptors (Lipinski definition) is 6. The summed E-state index contributed by atoms with van der Waals surface area (Å²) in [5.41, 5.74) is 0.307. The highest BCUT2D eigenvalue weighted by atomic mass is 19.4. The first kappa shape index (κ1) is 21.2. The molecule has 33 heavy (non-hydrogen) atoms. The quantitative estimate of drug-likeness (QED) is 0.434. The number of likely N-dealkylation sites (tertiary alicyclic amines) is 1. The van der Waals surface area contributed by atoms with Crippen molar-refractivity contribution in [3.63, 3.8) is 0 Å². The van der Waals surface area contributed by atoms with Gasteiger partial charge in [0.05, 0.1) is 24.2 Å². The van der Waals surface area contributed by atoms with Crippen molar-refractivity contribution in [1.29, 1.82) is 0 Å². The maximum atomic E-state index is 13.8. The molecular weight excluding hydrogens is 439 g/mol. The molecule has 172 valence electrons. The van der Waals surface area contributed by atoms with Crippen LogP contribution in [0.15, 0.2) is 39.6 Å². The van der Waals surface area contributed by atoms with E-state index in [-0.39, 0.29) is 28.7 Å². The number of furan rings is 1. The molecular formula is C22H20F3N5O3. The number of aryl methyl sites for hydroxylation is 2. The summed E-state index contributed by atoms with van der Waals surface area (Å²) in [5.74, 6) is 0.427. The number of nitrogens with zero attached hydrogens (tertiary/aromatic N) is 5. The average Bonchev–Trinajstić information content (AvgIpc) is 3.57. The van der Waals surface area contributed by atoms with Crippen molar-refractivity contribution in [2.24, 2.45) is 0 Å². The number of fused-ring (bicyclic) bond motifs is 1. The van der Waals surface area contributed by atoms with Crippen LogP contribution < -0.4 is 0 Å². The van der Waals surface area contributed by atoms with Gasteiger partial charge < -0.3 is 13.8 Å².